The van der Waals surface area contributed by atoms with E-state index < -0.39 is 5.97 Å². The molecule has 0 radical (unpaired) electrons. The van der Waals surface area contributed by atoms with Crippen molar-refractivity contribution < 1.29 is 19.4 Å². The van der Waals surface area contributed by atoms with E-state index >= 15 is 0 Å². The molecule has 0 aliphatic rings. The number of benzene rings is 1. The number of nitrogens with zero attached hydrogens (tertiary/aromatic N) is 1. The molecule has 20 heavy (non-hydrogen) atoms. The number of carboxylic acids is 1. The van der Waals surface area contributed by atoms with Crippen LogP contribution in [-0.4, -0.2) is 42.7 Å². The second kappa shape index (κ2) is 6.60. The lowest BCUT2D eigenvalue weighted by Gasteiger charge is -2.18. The van der Waals surface area contributed by atoms with Crippen molar-refractivity contribution in [3.05, 3.63) is 35.9 Å². The minimum absolute atomic E-state index is 0.0424. The van der Waals surface area contributed by atoms with Gasteiger partial charge in [-0.05, 0) is 19.1 Å². The molecule has 0 saturated carbocycles. The molecule has 0 fully saturated rings. The Bertz CT molecular complexity index is 540. The molecule has 6 heteroatoms. The number of methoxy groups -OCH3 is 1. The van der Waals surface area contributed by atoms with E-state index in [2.05, 4.69) is 11.9 Å². The minimum atomic E-state index is -1.08. The zero-order valence-corrected chi connectivity index (χ0v) is 11.8. The van der Waals surface area contributed by atoms with Gasteiger partial charge in [0.05, 0.1) is 7.11 Å². The lowest BCUT2D eigenvalue weighted by atomic mass is 10.2. The lowest BCUT2D eigenvalue weighted by Crippen LogP contribution is -2.32. The summed E-state index contributed by atoms with van der Waals surface area (Å²) >= 11 is 0. The number of amides is 2. The first-order valence-electron chi connectivity index (χ1n) is 5.93. The van der Waals surface area contributed by atoms with Gasteiger partial charge in [-0.2, -0.15) is 0 Å². The normalized spacial score (nSPS) is 9.75. The van der Waals surface area contributed by atoms with Crippen molar-refractivity contribution in [3.63, 3.8) is 0 Å². The lowest BCUT2D eigenvalue weighted by molar-refractivity contribution is 0.0693. The number of urea groups is 1. The number of likely N-dealkylation sites (N-methyl/N-ethyl adjacent to an activating group) is 1. The van der Waals surface area contributed by atoms with Gasteiger partial charge in [-0.25, -0.2) is 9.59 Å². The summed E-state index contributed by atoms with van der Waals surface area (Å²) in [5, 5.41) is 11.6. The zero-order valence-electron chi connectivity index (χ0n) is 11.8. The predicted molar refractivity (Wildman–Crippen MR) is 76.4 cm³/mol. The maximum atomic E-state index is 11.9. The average Bonchev–Trinajstić information content (AvgIpc) is 2.37. The summed E-state index contributed by atoms with van der Waals surface area (Å²) in [6.07, 6.45) is 0. The van der Waals surface area contributed by atoms with Gasteiger partial charge in [-0.15, -0.1) is 0 Å². The Kier molecular flexibility index (Phi) is 5.14. The maximum absolute atomic E-state index is 11.9. The third kappa shape index (κ3) is 4.01. The molecule has 2 amide bonds. The molecule has 0 spiro atoms. The first kappa shape index (κ1) is 15.6. The van der Waals surface area contributed by atoms with Crippen molar-refractivity contribution in [1.82, 2.24) is 4.90 Å². The Labute approximate surface area is 117 Å². The molecule has 0 atom stereocenters. The van der Waals surface area contributed by atoms with Gasteiger partial charge in [0.25, 0.3) is 0 Å². The largest absolute Gasteiger partial charge is 0.496 e. The summed E-state index contributed by atoms with van der Waals surface area (Å²) < 4.78 is 4.99. The molecule has 108 valence electrons. The average molecular weight is 278 g/mol. The molecule has 0 saturated heterocycles. The zero-order chi connectivity index (χ0) is 15.3. The Balaban J connectivity index is 2.86. The predicted octanol–water partition coefficient (Wildman–Crippen LogP) is 2.43. The van der Waals surface area contributed by atoms with Crippen LogP contribution in [0.3, 0.4) is 0 Å². The Morgan fingerprint density at radius 1 is 1.45 bits per heavy atom. The molecule has 0 heterocycles. The van der Waals surface area contributed by atoms with E-state index in [1.165, 1.54) is 30.2 Å². The fraction of sp³-hybridized carbons (Fsp3) is 0.286. The third-order valence-corrected chi connectivity index (χ3v) is 2.54. The van der Waals surface area contributed by atoms with Crippen molar-refractivity contribution in [1.29, 1.82) is 0 Å². The number of carbonyl (C=O) groups is 2. The molecular formula is C14H18N2O4. The van der Waals surface area contributed by atoms with Crippen molar-refractivity contribution >= 4 is 17.7 Å². The van der Waals surface area contributed by atoms with E-state index in [9.17, 15) is 9.59 Å². The van der Waals surface area contributed by atoms with Crippen molar-refractivity contribution in [3.8, 4) is 5.75 Å². The molecule has 1 aromatic carbocycles. The number of hydrogen-bond acceptors (Lipinski definition) is 3. The molecule has 0 unspecified atom stereocenters. The Morgan fingerprint density at radius 2 is 2.10 bits per heavy atom. The first-order chi connectivity index (χ1) is 9.35. The van der Waals surface area contributed by atoms with Crippen LogP contribution in [0.4, 0.5) is 10.5 Å². The summed E-state index contributed by atoms with van der Waals surface area (Å²) in [4.78, 5) is 24.3. The van der Waals surface area contributed by atoms with Gasteiger partial charge in [-0.3, -0.25) is 0 Å². The van der Waals surface area contributed by atoms with Gasteiger partial charge in [0.1, 0.15) is 11.3 Å². The van der Waals surface area contributed by atoms with E-state index in [4.69, 9.17) is 9.84 Å². The number of carboxylic acid groups (broad SMARTS) is 1. The third-order valence-electron chi connectivity index (χ3n) is 2.54. The van der Waals surface area contributed by atoms with Gasteiger partial charge < -0.3 is 20.1 Å². The second-order valence-corrected chi connectivity index (χ2v) is 4.46. The fourth-order valence-electron chi connectivity index (χ4n) is 1.64. The summed E-state index contributed by atoms with van der Waals surface area (Å²) in [6.45, 7) is 6.00. The summed E-state index contributed by atoms with van der Waals surface area (Å²) in [5.41, 5.74) is 1.37. The molecule has 0 bridgehead atoms. The summed E-state index contributed by atoms with van der Waals surface area (Å²) in [5.74, 6) is -0.892. The smallest absolute Gasteiger partial charge is 0.339 e. The highest BCUT2D eigenvalue weighted by atomic mass is 16.5. The van der Waals surface area contributed by atoms with Crippen LogP contribution in [-0.2, 0) is 0 Å². The molecule has 1 aromatic rings. The SMILES string of the molecule is C=C(C)CN(C)C(=O)Nc1ccc(C(=O)O)c(OC)c1. The van der Waals surface area contributed by atoms with Crippen LogP contribution < -0.4 is 10.1 Å². The highest BCUT2D eigenvalue weighted by molar-refractivity contribution is 5.94. The highest BCUT2D eigenvalue weighted by Gasteiger charge is 2.13. The first-order valence-corrected chi connectivity index (χ1v) is 5.93. The fourth-order valence-corrected chi connectivity index (χ4v) is 1.64. The monoisotopic (exact) mass is 278 g/mol. The molecule has 6 nitrogen and oxygen atoms in total. The van der Waals surface area contributed by atoms with Gasteiger partial charge in [0, 0.05) is 25.3 Å². The number of anilines is 1. The van der Waals surface area contributed by atoms with E-state index in [1.54, 1.807) is 7.05 Å². The van der Waals surface area contributed by atoms with E-state index in [0.717, 1.165) is 5.57 Å². The second-order valence-electron chi connectivity index (χ2n) is 4.46. The van der Waals surface area contributed by atoms with Crippen LogP contribution >= 0.6 is 0 Å². The van der Waals surface area contributed by atoms with Crippen molar-refractivity contribution in [2.24, 2.45) is 0 Å². The minimum Gasteiger partial charge on any atom is -0.496 e. The quantitative estimate of drug-likeness (QED) is 0.811. The van der Waals surface area contributed by atoms with Crippen LogP contribution in [0.25, 0.3) is 0 Å². The van der Waals surface area contributed by atoms with E-state index in [-0.39, 0.29) is 17.3 Å². The summed E-state index contributed by atoms with van der Waals surface area (Å²) in [7, 11) is 3.02. The van der Waals surface area contributed by atoms with E-state index in [1.807, 2.05) is 6.92 Å². The van der Waals surface area contributed by atoms with Crippen LogP contribution in [0.1, 0.15) is 17.3 Å². The molecule has 0 aliphatic carbocycles. The highest BCUT2D eigenvalue weighted by Crippen LogP contribution is 2.23. The van der Waals surface area contributed by atoms with Gasteiger partial charge in [0.15, 0.2) is 0 Å². The van der Waals surface area contributed by atoms with Crippen LogP contribution in [0.2, 0.25) is 0 Å². The molecule has 0 aliphatic heterocycles. The van der Waals surface area contributed by atoms with Crippen molar-refractivity contribution in [2.45, 2.75) is 6.92 Å². The number of nitrogens with one attached hydrogen (secondary N) is 1. The molecule has 0 aromatic heterocycles. The number of ether oxygens (including phenoxy) is 1. The van der Waals surface area contributed by atoms with Crippen LogP contribution in [0, 0.1) is 0 Å². The summed E-state index contributed by atoms with van der Waals surface area (Å²) in [6, 6.07) is 4.06. The number of rotatable bonds is 5. The van der Waals surface area contributed by atoms with Crippen molar-refractivity contribution in [2.75, 3.05) is 26.0 Å². The van der Waals surface area contributed by atoms with Gasteiger partial charge in [-0.1, -0.05) is 12.2 Å². The Hall–Kier alpha value is -2.50. The number of hydrogen-bond donors (Lipinski definition) is 2. The maximum Gasteiger partial charge on any atom is 0.339 e. The number of carbonyl (C=O) groups excluding carboxylic acids is 1. The van der Waals surface area contributed by atoms with Crippen LogP contribution in [0.5, 0.6) is 5.75 Å². The standard InChI is InChI=1S/C14H18N2O4/c1-9(2)8-16(3)14(19)15-10-5-6-11(13(17)18)12(7-10)20-4/h5-7H,1,8H2,2-4H3,(H,15,19)(H,17,18). The molecular weight excluding hydrogens is 260 g/mol. The van der Waals surface area contributed by atoms with Crippen LogP contribution in [0.15, 0.2) is 30.4 Å². The topological polar surface area (TPSA) is 78.9 Å². The van der Waals surface area contributed by atoms with Gasteiger partial charge in [0.2, 0.25) is 0 Å². The Morgan fingerprint density at radius 3 is 2.60 bits per heavy atom. The van der Waals surface area contributed by atoms with Gasteiger partial charge >= 0.3 is 12.0 Å². The number of aromatic carboxylic acids is 1. The molecule has 1 rings (SSSR count). The molecule has 2 N–H and O–H groups in total. The van der Waals surface area contributed by atoms with E-state index in [0.29, 0.717) is 12.2 Å².